The van der Waals surface area contributed by atoms with Gasteiger partial charge in [0.15, 0.2) is 0 Å². The van der Waals surface area contributed by atoms with Gasteiger partial charge in [0.2, 0.25) is 0 Å². The Morgan fingerprint density at radius 3 is 2.16 bits per heavy atom. The maximum absolute atomic E-state index is 6.16. The van der Waals surface area contributed by atoms with E-state index in [0.717, 1.165) is 29.2 Å². The lowest BCUT2D eigenvalue weighted by molar-refractivity contribution is 0.291. The molecule has 3 nitrogen and oxygen atoms in total. The number of aryl methyl sites for hydroxylation is 3. The van der Waals surface area contributed by atoms with Gasteiger partial charge in [-0.2, -0.15) is 0 Å². The summed E-state index contributed by atoms with van der Waals surface area (Å²) in [4.78, 5) is 4.90. The third-order valence-corrected chi connectivity index (χ3v) is 5.98. The van der Waals surface area contributed by atoms with Gasteiger partial charge in [-0.3, -0.25) is 0 Å². The number of benzene rings is 3. The van der Waals surface area contributed by atoms with Crippen LogP contribution in [-0.2, 0) is 18.6 Å². The van der Waals surface area contributed by atoms with Crippen LogP contribution in [0.5, 0.6) is 5.75 Å². The highest BCUT2D eigenvalue weighted by atomic mass is 16.5. The fraction of sp³-hybridized carbons (Fsp3) is 0.321. The fourth-order valence-corrected chi connectivity index (χ4v) is 4.23. The molecule has 0 atom stereocenters. The third kappa shape index (κ3) is 4.51. The van der Waals surface area contributed by atoms with Crippen molar-refractivity contribution in [1.82, 2.24) is 9.55 Å². The van der Waals surface area contributed by atoms with Crippen molar-refractivity contribution in [3.63, 3.8) is 0 Å². The minimum atomic E-state index is 0.135. The van der Waals surface area contributed by atoms with Gasteiger partial charge in [0.1, 0.15) is 18.2 Å². The van der Waals surface area contributed by atoms with Crippen molar-refractivity contribution in [1.29, 1.82) is 0 Å². The van der Waals surface area contributed by atoms with Gasteiger partial charge in [-0.05, 0) is 72.7 Å². The average Bonchev–Trinajstić information content (AvgIpc) is 3.06. The largest absolute Gasteiger partial charge is 0.486 e. The minimum Gasteiger partial charge on any atom is -0.486 e. The third-order valence-electron chi connectivity index (χ3n) is 5.98. The van der Waals surface area contributed by atoms with Crippen LogP contribution in [0.2, 0.25) is 0 Å². The first-order valence-electron chi connectivity index (χ1n) is 11.0. The molecule has 4 rings (SSSR count). The SMILES string of the molecule is Cc1cc(C)c(Cn2c(COc3ccc(C(C)(C)C)cc3)nc3ccccc32)c(C)c1. The summed E-state index contributed by atoms with van der Waals surface area (Å²) in [6.07, 6.45) is 0. The second-order valence-corrected chi connectivity index (χ2v) is 9.54. The molecule has 4 aromatic rings. The molecule has 0 unspecified atom stereocenters. The van der Waals surface area contributed by atoms with Gasteiger partial charge in [-0.1, -0.05) is 62.7 Å². The van der Waals surface area contributed by atoms with Gasteiger partial charge in [-0.15, -0.1) is 0 Å². The molecule has 0 bridgehead atoms. The Morgan fingerprint density at radius 2 is 1.52 bits per heavy atom. The summed E-state index contributed by atoms with van der Waals surface area (Å²) in [5.41, 5.74) is 8.88. The summed E-state index contributed by atoms with van der Waals surface area (Å²) in [7, 11) is 0. The number of para-hydroxylation sites is 2. The normalized spacial score (nSPS) is 11.8. The number of nitrogens with zero attached hydrogens (tertiary/aromatic N) is 2. The molecule has 0 amide bonds. The molecule has 0 fully saturated rings. The Kier molecular flexibility index (Phi) is 5.62. The molecule has 0 N–H and O–H groups in total. The van der Waals surface area contributed by atoms with E-state index in [-0.39, 0.29) is 5.41 Å². The van der Waals surface area contributed by atoms with Crippen molar-refractivity contribution in [3.05, 3.63) is 94.3 Å². The molecular weight excluding hydrogens is 380 g/mol. The lowest BCUT2D eigenvalue weighted by Crippen LogP contribution is -2.11. The van der Waals surface area contributed by atoms with Gasteiger partial charge in [0, 0.05) is 6.54 Å². The molecule has 3 heteroatoms. The molecule has 0 aliphatic heterocycles. The number of hydrogen-bond donors (Lipinski definition) is 0. The second-order valence-electron chi connectivity index (χ2n) is 9.54. The molecule has 0 aliphatic rings. The van der Waals surface area contributed by atoms with Crippen molar-refractivity contribution in [2.75, 3.05) is 0 Å². The topological polar surface area (TPSA) is 27.1 Å². The van der Waals surface area contributed by atoms with E-state index < -0.39 is 0 Å². The Bertz CT molecular complexity index is 1190. The van der Waals surface area contributed by atoms with Crippen LogP contribution in [0.1, 0.15) is 54.4 Å². The summed E-state index contributed by atoms with van der Waals surface area (Å²) in [6.45, 7) is 14.4. The molecule has 160 valence electrons. The van der Waals surface area contributed by atoms with Crippen LogP contribution >= 0.6 is 0 Å². The smallest absolute Gasteiger partial charge is 0.148 e. The highest BCUT2D eigenvalue weighted by Gasteiger charge is 2.15. The summed E-state index contributed by atoms with van der Waals surface area (Å²) >= 11 is 0. The highest BCUT2D eigenvalue weighted by molar-refractivity contribution is 5.76. The summed E-state index contributed by atoms with van der Waals surface area (Å²) < 4.78 is 8.46. The Hall–Kier alpha value is -3.07. The number of fused-ring (bicyclic) bond motifs is 1. The molecule has 31 heavy (non-hydrogen) atoms. The number of aromatic nitrogens is 2. The zero-order valence-corrected chi connectivity index (χ0v) is 19.5. The quantitative estimate of drug-likeness (QED) is 0.357. The first-order valence-corrected chi connectivity index (χ1v) is 11.0. The monoisotopic (exact) mass is 412 g/mol. The fourth-order valence-electron chi connectivity index (χ4n) is 4.23. The first kappa shape index (κ1) is 21.2. The molecule has 0 radical (unpaired) electrons. The van der Waals surface area contributed by atoms with Crippen molar-refractivity contribution >= 4 is 11.0 Å². The van der Waals surface area contributed by atoms with Gasteiger partial charge in [0.05, 0.1) is 11.0 Å². The van der Waals surface area contributed by atoms with Gasteiger partial charge < -0.3 is 9.30 Å². The summed E-state index contributed by atoms with van der Waals surface area (Å²) in [5, 5.41) is 0. The Balaban J connectivity index is 1.64. The van der Waals surface area contributed by atoms with E-state index in [0.29, 0.717) is 6.61 Å². The van der Waals surface area contributed by atoms with Crippen LogP contribution in [0.15, 0.2) is 60.7 Å². The van der Waals surface area contributed by atoms with Crippen LogP contribution in [0.25, 0.3) is 11.0 Å². The minimum absolute atomic E-state index is 0.135. The molecule has 0 saturated heterocycles. The van der Waals surface area contributed by atoms with Crippen LogP contribution in [0, 0.1) is 20.8 Å². The molecule has 1 aromatic heterocycles. The van der Waals surface area contributed by atoms with Crippen LogP contribution < -0.4 is 4.74 Å². The molecule has 0 aliphatic carbocycles. The van der Waals surface area contributed by atoms with E-state index in [2.05, 4.69) is 101 Å². The molecule has 0 saturated carbocycles. The van der Waals surface area contributed by atoms with Gasteiger partial charge >= 0.3 is 0 Å². The zero-order valence-electron chi connectivity index (χ0n) is 19.5. The van der Waals surface area contributed by atoms with Crippen LogP contribution in [0.4, 0.5) is 0 Å². The first-order chi connectivity index (χ1) is 14.7. The maximum Gasteiger partial charge on any atom is 0.148 e. The Morgan fingerprint density at radius 1 is 0.871 bits per heavy atom. The van der Waals surface area contributed by atoms with Crippen LogP contribution in [-0.4, -0.2) is 9.55 Å². The molecule has 0 spiro atoms. The van der Waals surface area contributed by atoms with E-state index >= 15 is 0 Å². The van der Waals surface area contributed by atoms with Gasteiger partial charge in [-0.25, -0.2) is 4.98 Å². The van der Waals surface area contributed by atoms with E-state index in [9.17, 15) is 0 Å². The zero-order chi connectivity index (χ0) is 22.2. The lowest BCUT2D eigenvalue weighted by Gasteiger charge is -2.19. The predicted octanol–water partition coefficient (Wildman–Crippen LogP) is 6.89. The summed E-state index contributed by atoms with van der Waals surface area (Å²) in [5.74, 6) is 1.81. The molecule has 3 aromatic carbocycles. The lowest BCUT2D eigenvalue weighted by atomic mass is 9.87. The van der Waals surface area contributed by atoms with Crippen molar-refractivity contribution in [3.8, 4) is 5.75 Å². The average molecular weight is 413 g/mol. The highest BCUT2D eigenvalue weighted by Crippen LogP contribution is 2.26. The molecule has 1 heterocycles. The standard InChI is InChI=1S/C28H32N2O/c1-19-15-20(2)24(21(3)16-19)17-30-26-10-8-7-9-25(26)29-27(30)18-31-23-13-11-22(12-14-23)28(4,5)6/h7-16H,17-18H2,1-6H3. The number of imidazole rings is 1. The Labute approximate surface area is 185 Å². The van der Waals surface area contributed by atoms with Crippen molar-refractivity contribution < 1.29 is 4.74 Å². The number of hydrogen-bond acceptors (Lipinski definition) is 2. The molecular formula is C28H32N2O. The van der Waals surface area contributed by atoms with E-state index in [4.69, 9.17) is 9.72 Å². The number of rotatable bonds is 5. The predicted molar refractivity (Wildman–Crippen MR) is 129 cm³/mol. The van der Waals surface area contributed by atoms with Gasteiger partial charge in [0.25, 0.3) is 0 Å². The summed E-state index contributed by atoms with van der Waals surface area (Å²) in [6, 6.07) is 21.3. The van der Waals surface area contributed by atoms with Crippen molar-refractivity contribution in [2.24, 2.45) is 0 Å². The van der Waals surface area contributed by atoms with E-state index in [1.54, 1.807) is 0 Å². The van der Waals surface area contributed by atoms with Crippen molar-refractivity contribution in [2.45, 2.75) is 60.1 Å². The second kappa shape index (κ2) is 8.22. The maximum atomic E-state index is 6.16. The van der Waals surface area contributed by atoms with E-state index in [1.807, 2.05) is 6.07 Å². The van der Waals surface area contributed by atoms with E-state index in [1.165, 1.54) is 27.8 Å². The number of ether oxygens (including phenoxy) is 1. The van der Waals surface area contributed by atoms with Crippen LogP contribution in [0.3, 0.4) is 0 Å².